The number of ether oxygens (including phenoxy) is 1. The molecule has 0 amide bonds. The summed E-state index contributed by atoms with van der Waals surface area (Å²) in [5, 5.41) is 1.32. The molecule has 0 aromatic rings. The van der Waals surface area contributed by atoms with Crippen LogP contribution in [0.25, 0.3) is 0 Å². The van der Waals surface area contributed by atoms with E-state index in [4.69, 9.17) is 16.3 Å². The van der Waals surface area contributed by atoms with E-state index in [0.29, 0.717) is 6.10 Å². The quantitative estimate of drug-likeness (QED) is 0.543. The second kappa shape index (κ2) is 2.09. The van der Waals surface area contributed by atoms with Gasteiger partial charge in [0, 0.05) is 16.9 Å². The van der Waals surface area contributed by atoms with Crippen molar-refractivity contribution in [3.05, 3.63) is 0 Å². The van der Waals surface area contributed by atoms with E-state index in [-0.39, 0.29) is 5.06 Å². The van der Waals surface area contributed by atoms with Crippen LogP contribution in [0, 0.1) is 0 Å². The first kappa shape index (κ1) is 7.05. The van der Waals surface area contributed by atoms with Gasteiger partial charge in [0.25, 0.3) is 0 Å². The van der Waals surface area contributed by atoms with E-state index in [2.05, 4.69) is 11.8 Å². The molecule has 3 rings (SSSR count). The van der Waals surface area contributed by atoms with Crippen molar-refractivity contribution in [3.63, 3.8) is 0 Å². The zero-order chi connectivity index (χ0) is 7.47. The van der Waals surface area contributed by atoms with E-state index in [1.54, 1.807) is 0 Å². The Morgan fingerprint density at radius 1 is 1.55 bits per heavy atom. The highest BCUT2D eigenvalue weighted by Crippen LogP contribution is 2.55. The number of rotatable bonds is 0. The van der Waals surface area contributed by atoms with E-state index < -0.39 is 0 Å². The van der Waals surface area contributed by atoms with Gasteiger partial charge in [-0.05, 0) is 19.3 Å². The number of alkyl halides is 1. The molecule has 3 heterocycles. The van der Waals surface area contributed by atoms with Gasteiger partial charge in [-0.3, -0.25) is 0 Å². The maximum Gasteiger partial charge on any atom is 0.143 e. The first-order valence-corrected chi connectivity index (χ1v) is 5.59. The van der Waals surface area contributed by atoms with Crippen molar-refractivity contribution in [2.24, 2.45) is 0 Å². The lowest BCUT2D eigenvalue weighted by atomic mass is 9.91. The summed E-state index contributed by atoms with van der Waals surface area (Å²) in [5.74, 6) is 0. The summed E-state index contributed by atoms with van der Waals surface area (Å²) >= 11 is 8.40. The maximum atomic E-state index is 6.29. The summed E-state index contributed by atoms with van der Waals surface area (Å²) in [6.45, 7) is 0. The van der Waals surface area contributed by atoms with Crippen LogP contribution in [0.1, 0.15) is 25.7 Å². The van der Waals surface area contributed by atoms with Gasteiger partial charge in [-0.1, -0.05) is 11.6 Å². The zero-order valence-corrected chi connectivity index (χ0v) is 7.83. The summed E-state index contributed by atoms with van der Waals surface area (Å²) in [7, 11) is 0. The largest absolute Gasteiger partial charge is 0.355 e. The average Bonchev–Trinajstić information content (AvgIpc) is 2.15. The van der Waals surface area contributed by atoms with Gasteiger partial charge < -0.3 is 4.74 Å². The molecule has 0 radical (unpaired) electrons. The second-order valence-electron chi connectivity index (χ2n) is 3.81. The second-order valence-corrected chi connectivity index (χ2v) is 6.05. The molecule has 0 saturated carbocycles. The molecule has 1 nitrogen and oxygen atoms in total. The van der Waals surface area contributed by atoms with E-state index in [1.807, 2.05) is 0 Å². The molecule has 0 N–H and O–H groups in total. The Bertz CT molecular complexity index is 195. The molecular weight excluding hydrogens is 180 g/mol. The number of fused-ring (bicyclic) bond motifs is 2. The molecule has 3 aliphatic rings. The van der Waals surface area contributed by atoms with Crippen LogP contribution in [0.15, 0.2) is 0 Å². The van der Waals surface area contributed by atoms with Crippen molar-refractivity contribution < 1.29 is 4.74 Å². The monoisotopic (exact) mass is 190 g/mol. The molecule has 4 unspecified atom stereocenters. The van der Waals surface area contributed by atoms with Gasteiger partial charge in [0.2, 0.25) is 0 Å². The Balaban J connectivity index is 1.97. The number of thioether (sulfide) groups is 1. The highest BCUT2D eigenvalue weighted by Gasteiger charge is 2.52. The van der Waals surface area contributed by atoms with Crippen molar-refractivity contribution in [1.29, 1.82) is 0 Å². The highest BCUT2D eigenvalue weighted by atomic mass is 35.5. The van der Waals surface area contributed by atoms with Crippen LogP contribution in [-0.4, -0.2) is 21.7 Å². The van der Waals surface area contributed by atoms with Gasteiger partial charge in [0.15, 0.2) is 0 Å². The van der Waals surface area contributed by atoms with Crippen LogP contribution >= 0.6 is 23.4 Å². The zero-order valence-electron chi connectivity index (χ0n) is 6.25. The SMILES string of the molecule is ClC12CCC3SC(CC3O1)C2. The van der Waals surface area contributed by atoms with Gasteiger partial charge in [-0.25, -0.2) is 0 Å². The van der Waals surface area contributed by atoms with Crippen molar-refractivity contribution in [3.8, 4) is 0 Å². The first-order valence-electron chi connectivity index (χ1n) is 4.27. The lowest BCUT2D eigenvalue weighted by molar-refractivity contribution is -0.0952. The average molecular weight is 191 g/mol. The van der Waals surface area contributed by atoms with E-state index in [1.165, 1.54) is 12.8 Å². The summed E-state index contributed by atoms with van der Waals surface area (Å²) in [6.07, 6.45) is 5.16. The predicted molar refractivity (Wildman–Crippen MR) is 47.1 cm³/mol. The molecule has 3 saturated heterocycles. The van der Waals surface area contributed by atoms with Crippen molar-refractivity contribution in [2.45, 2.75) is 47.3 Å². The van der Waals surface area contributed by atoms with Crippen LogP contribution < -0.4 is 0 Å². The Labute approximate surface area is 75.8 Å². The fraction of sp³-hybridized carbons (Fsp3) is 1.00. The molecule has 0 aromatic carbocycles. The first-order chi connectivity index (χ1) is 5.25. The van der Waals surface area contributed by atoms with Crippen LogP contribution in [0.3, 0.4) is 0 Å². The number of halogens is 1. The van der Waals surface area contributed by atoms with E-state index in [9.17, 15) is 0 Å². The van der Waals surface area contributed by atoms with Crippen molar-refractivity contribution in [1.82, 2.24) is 0 Å². The van der Waals surface area contributed by atoms with Gasteiger partial charge in [-0.2, -0.15) is 11.8 Å². The topological polar surface area (TPSA) is 9.23 Å². The molecule has 3 aliphatic heterocycles. The molecule has 0 aliphatic carbocycles. The highest BCUT2D eigenvalue weighted by molar-refractivity contribution is 8.00. The van der Waals surface area contributed by atoms with Gasteiger partial charge >= 0.3 is 0 Å². The third-order valence-electron chi connectivity index (χ3n) is 2.97. The minimum absolute atomic E-state index is 0.256. The fourth-order valence-corrected chi connectivity index (χ4v) is 4.75. The fourth-order valence-electron chi connectivity index (χ4n) is 2.49. The van der Waals surface area contributed by atoms with Gasteiger partial charge in [-0.15, -0.1) is 0 Å². The third kappa shape index (κ3) is 0.958. The molecule has 3 bridgehead atoms. The Hall–Kier alpha value is 0.600. The van der Waals surface area contributed by atoms with Crippen molar-refractivity contribution in [2.75, 3.05) is 0 Å². The summed E-state index contributed by atoms with van der Waals surface area (Å²) in [5.41, 5.74) is 0. The van der Waals surface area contributed by atoms with Crippen LogP contribution in [-0.2, 0) is 4.74 Å². The predicted octanol–water partition coefficient (Wildman–Crippen LogP) is 2.38. The molecule has 62 valence electrons. The van der Waals surface area contributed by atoms with Crippen LogP contribution in [0.2, 0.25) is 0 Å². The third-order valence-corrected chi connectivity index (χ3v) is 5.04. The molecule has 11 heavy (non-hydrogen) atoms. The molecular formula is C8H11ClOS. The van der Waals surface area contributed by atoms with Gasteiger partial charge in [0.1, 0.15) is 5.06 Å². The molecule has 4 atom stereocenters. The Morgan fingerprint density at radius 2 is 2.45 bits per heavy atom. The summed E-state index contributed by atoms with van der Waals surface area (Å²) < 4.78 is 5.81. The van der Waals surface area contributed by atoms with Crippen LogP contribution in [0.5, 0.6) is 0 Å². The maximum absolute atomic E-state index is 6.29. The number of hydrogen-bond donors (Lipinski definition) is 0. The lowest BCUT2D eigenvalue weighted by Crippen LogP contribution is -2.43. The Kier molecular flexibility index (Phi) is 1.34. The molecule has 3 fully saturated rings. The normalized spacial score (nSPS) is 60.3. The Morgan fingerprint density at radius 3 is 3.36 bits per heavy atom. The number of hydrogen-bond acceptors (Lipinski definition) is 2. The lowest BCUT2D eigenvalue weighted by Gasteiger charge is -2.39. The van der Waals surface area contributed by atoms with Crippen molar-refractivity contribution >= 4 is 23.4 Å². The van der Waals surface area contributed by atoms with E-state index >= 15 is 0 Å². The van der Waals surface area contributed by atoms with Crippen LogP contribution in [0.4, 0.5) is 0 Å². The minimum atomic E-state index is -0.256. The van der Waals surface area contributed by atoms with E-state index in [0.717, 1.165) is 23.3 Å². The molecule has 3 heteroatoms. The summed E-state index contributed by atoms with van der Waals surface area (Å²) in [4.78, 5) is 0. The smallest absolute Gasteiger partial charge is 0.143 e. The molecule has 0 aromatic heterocycles. The standard InChI is InChI=1S/C8H11ClOS/c9-8-2-1-7-6(10-8)3-5(4-8)11-7/h5-7H,1-4H2. The van der Waals surface area contributed by atoms with Gasteiger partial charge in [0.05, 0.1) is 6.10 Å². The summed E-state index contributed by atoms with van der Waals surface area (Å²) in [6, 6.07) is 0. The molecule has 0 spiro atoms. The minimum Gasteiger partial charge on any atom is -0.355 e.